The van der Waals surface area contributed by atoms with Gasteiger partial charge in [0.2, 0.25) is 0 Å². The van der Waals surface area contributed by atoms with Crippen molar-refractivity contribution >= 4 is 5.69 Å². The predicted octanol–water partition coefficient (Wildman–Crippen LogP) is 3.66. The van der Waals surface area contributed by atoms with Crippen LogP contribution in [0.25, 0.3) is 0 Å². The molecule has 3 heteroatoms. The molecule has 0 unspecified atom stereocenters. The van der Waals surface area contributed by atoms with Crippen molar-refractivity contribution in [3.63, 3.8) is 0 Å². The normalized spacial score (nSPS) is 11.0. The fourth-order valence-corrected chi connectivity index (χ4v) is 2.27. The van der Waals surface area contributed by atoms with Gasteiger partial charge in [-0.15, -0.1) is 0 Å². The molecule has 0 aliphatic heterocycles. The summed E-state index contributed by atoms with van der Waals surface area (Å²) >= 11 is 0. The molecular formula is C17H24N2O. The molecule has 3 nitrogen and oxygen atoms in total. The molecule has 0 amide bonds. The summed E-state index contributed by atoms with van der Waals surface area (Å²) in [4.78, 5) is 2.26. The molecule has 1 N–H and O–H groups in total. The van der Waals surface area contributed by atoms with Gasteiger partial charge in [0.15, 0.2) is 0 Å². The zero-order valence-corrected chi connectivity index (χ0v) is 12.6. The molecule has 0 saturated heterocycles. The summed E-state index contributed by atoms with van der Waals surface area (Å²) in [6.45, 7) is 7.26. The maximum Gasteiger partial charge on any atom is 0.0952 e. The molecule has 0 radical (unpaired) electrons. The van der Waals surface area contributed by atoms with Crippen molar-refractivity contribution in [2.75, 3.05) is 18.5 Å². The zero-order valence-electron chi connectivity index (χ0n) is 12.6. The first-order valence-electron chi connectivity index (χ1n) is 7.17. The number of furan rings is 1. The predicted molar refractivity (Wildman–Crippen MR) is 83.8 cm³/mol. The summed E-state index contributed by atoms with van der Waals surface area (Å²) < 4.78 is 5.13. The number of para-hydroxylation sites is 1. The highest BCUT2D eigenvalue weighted by Crippen LogP contribution is 2.21. The van der Waals surface area contributed by atoms with E-state index in [1.54, 1.807) is 12.5 Å². The van der Waals surface area contributed by atoms with Crippen LogP contribution in [-0.2, 0) is 13.1 Å². The molecule has 2 rings (SSSR count). The van der Waals surface area contributed by atoms with Gasteiger partial charge in [0.25, 0.3) is 0 Å². The lowest BCUT2D eigenvalue weighted by molar-refractivity contribution is 0.552. The van der Waals surface area contributed by atoms with Crippen molar-refractivity contribution in [1.29, 1.82) is 0 Å². The Kier molecular flexibility index (Phi) is 5.24. The maximum atomic E-state index is 5.13. The first-order chi connectivity index (χ1) is 9.66. The van der Waals surface area contributed by atoms with E-state index in [2.05, 4.69) is 55.4 Å². The fourth-order valence-electron chi connectivity index (χ4n) is 2.27. The van der Waals surface area contributed by atoms with Gasteiger partial charge in [-0.2, -0.15) is 0 Å². The van der Waals surface area contributed by atoms with Crippen LogP contribution < -0.4 is 10.2 Å². The van der Waals surface area contributed by atoms with Crippen LogP contribution in [0.5, 0.6) is 0 Å². The molecule has 20 heavy (non-hydrogen) atoms. The Morgan fingerprint density at radius 1 is 1.20 bits per heavy atom. The molecule has 0 bridgehead atoms. The average Bonchev–Trinajstić information content (AvgIpc) is 2.91. The molecular weight excluding hydrogens is 248 g/mol. The average molecular weight is 272 g/mol. The SMILES string of the molecule is CC(C)CNCc1ccccc1N(C)Cc1ccoc1. The lowest BCUT2D eigenvalue weighted by Crippen LogP contribution is -2.22. The van der Waals surface area contributed by atoms with Crippen molar-refractivity contribution in [3.8, 4) is 0 Å². The second-order valence-electron chi connectivity index (χ2n) is 5.64. The van der Waals surface area contributed by atoms with E-state index in [1.165, 1.54) is 16.8 Å². The van der Waals surface area contributed by atoms with Crippen molar-refractivity contribution in [2.45, 2.75) is 26.9 Å². The van der Waals surface area contributed by atoms with E-state index in [0.29, 0.717) is 5.92 Å². The topological polar surface area (TPSA) is 28.4 Å². The Balaban J connectivity index is 2.02. The van der Waals surface area contributed by atoms with Crippen molar-refractivity contribution in [1.82, 2.24) is 5.32 Å². The molecule has 0 aliphatic rings. The van der Waals surface area contributed by atoms with E-state index in [9.17, 15) is 0 Å². The van der Waals surface area contributed by atoms with Crippen LogP contribution in [0.1, 0.15) is 25.0 Å². The first-order valence-corrected chi connectivity index (χ1v) is 7.17. The third-order valence-electron chi connectivity index (χ3n) is 3.27. The van der Waals surface area contributed by atoms with Crippen LogP contribution in [0.15, 0.2) is 47.3 Å². The van der Waals surface area contributed by atoms with Gasteiger partial charge in [-0.1, -0.05) is 32.0 Å². The summed E-state index contributed by atoms with van der Waals surface area (Å²) in [6, 6.07) is 10.6. The van der Waals surface area contributed by atoms with Gasteiger partial charge in [0.1, 0.15) is 0 Å². The van der Waals surface area contributed by atoms with E-state index >= 15 is 0 Å². The number of rotatable bonds is 7. The Hall–Kier alpha value is -1.74. The smallest absolute Gasteiger partial charge is 0.0952 e. The molecule has 1 heterocycles. The standard InChI is InChI=1S/C17H24N2O/c1-14(2)10-18-11-16-6-4-5-7-17(16)19(3)12-15-8-9-20-13-15/h4-9,13-14,18H,10-12H2,1-3H3. The van der Waals surface area contributed by atoms with E-state index in [0.717, 1.165) is 19.6 Å². The lowest BCUT2D eigenvalue weighted by Gasteiger charge is -2.22. The van der Waals surface area contributed by atoms with Gasteiger partial charge in [-0.25, -0.2) is 0 Å². The summed E-state index contributed by atoms with van der Waals surface area (Å²) in [7, 11) is 2.12. The van der Waals surface area contributed by atoms with Gasteiger partial charge in [-0.05, 0) is 30.2 Å². The summed E-state index contributed by atoms with van der Waals surface area (Å²) in [5.74, 6) is 0.672. The Morgan fingerprint density at radius 3 is 2.70 bits per heavy atom. The van der Waals surface area contributed by atoms with E-state index in [4.69, 9.17) is 4.42 Å². The molecule has 2 aromatic rings. The van der Waals surface area contributed by atoms with Crippen LogP contribution in [0.4, 0.5) is 5.69 Å². The van der Waals surface area contributed by atoms with Crippen molar-refractivity contribution in [2.24, 2.45) is 5.92 Å². The molecule has 1 aromatic heterocycles. The second-order valence-corrected chi connectivity index (χ2v) is 5.64. The summed E-state index contributed by atoms with van der Waals surface area (Å²) in [6.07, 6.45) is 3.52. The molecule has 108 valence electrons. The number of benzene rings is 1. The van der Waals surface area contributed by atoms with Crippen LogP contribution in [0, 0.1) is 5.92 Å². The number of hydrogen-bond acceptors (Lipinski definition) is 3. The van der Waals surface area contributed by atoms with E-state index < -0.39 is 0 Å². The van der Waals surface area contributed by atoms with Crippen molar-refractivity contribution in [3.05, 3.63) is 54.0 Å². The minimum absolute atomic E-state index is 0.672. The van der Waals surface area contributed by atoms with Crippen molar-refractivity contribution < 1.29 is 4.42 Å². The maximum absolute atomic E-state index is 5.13. The Labute approximate surface area is 121 Å². The highest BCUT2D eigenvalue weighted by atomic mass is 16.3. The number of anilines is 1. The zero-order chi connectivity index (χ0) is 14.4. The highest BCUT2D eigenvalue weighted by Gasteiger charge is 2.08. The largest absolute Gasteiger partial charge is 0.472 e. The molecule has 0 saturated carbocycles. The summed E-state index contributed by atoms with van der Waals surface area (Å²) in [5, 5.41) is 3.51. The van der Waals surface area contributed by atoms with E-state index in [-0.39, 0.29) is 0 Å². The number of hydrogen-bond donors (Lipinski definition) is 1. The van der Waals surface area contributed by atoms with Crippen LogP contribution in [0.2, 0.25) is 0 Å². The molecule has 1 aromatic carbocycles. The third kappa shape index (κ3) is 4.14. The van der Waals surface area contributed by atoms with Gasteiger partial charge < -0.3 is 14.6 Å². The molecule has 0 fully saturated rings. The second kappa shape index (κ2) is 7.15. The minimum Gasteiger partial charge on any atom is -0.472 e. The minimum atomic E-state index is 0.672. The highest BCUT2D eigenvalue weighted by molar-refractivity contribution is 5.53. The molecule has 0 aliphatic carbocycles. The van der Waals surface area contributed by atoms with Gasteiger partial charge >= 0.3 is 0 Å². The van der Waals surface area contributed by atoms with Crippen LogP contribution in [0.3, 0.4) is 0 Å². The van der Waals surface area contributed by atoms with E-state index in [1.807, 2.05) is 6.07 Å². The van der Waals surface area contributed by atoms with Gasteiger partial charge in [0, 0.05) is 31.4 Å². The Morgan fingerprint density at radius 2 is 2.00 bits per heavy atom. The third-order valence-corrected chi connectivity index (χ3v) is 3.27. The molecule has 0 spiro atoms. The fraction of sp³-hybridized carbons (Fsp3) is 0.412. The van der Waals surface area contributed by atoms with Gasteiger partial charge in [0.05, 0.1) is 12.5 Å². The number of nitrogens with one attached hydrogen (secondary N) is 1. The monoisotopic (exact) mass is 272 g/mol. The first kappa shape index (κ1) is 14.7. The number of nitrogens with zero attached hydrogens (tertiary/aromatic N) is 1. The van der Waals surface area contributed by atoms with Gasteiger partial charge in [-0.3, -0.25) is 0 Å². The van der Waals surface area contributed by atoms with Crippen LogP contribution in [-0.4, -0.2) is 13.6 Å². The summed E-state index contributed by atoms with van der Waals surface area (Å²) in [5.41, 5.74) is 3.79. The quantitative estimate of drug-likeness (QED) is 0.833. The molecule has 0 atom stereocenters. The Bertz CT molecular complexity index is 505. The lowest BCUT2D eigenvalue weighted by atomic mass is 10.1. The van der Waals surface area contributed by atoms with Crippen LogP contribution >= 0.6 is 0 Å².